The molecule has 0 radical (unpaired) electrons. The maximum Gasteiger partial charge on any atom is 0.508 e. The monoisotopic (exact) mass is 512 g/mol. The van der Waals surface area contributed by atoms with Gasteiger partial charge < -0.3 is 9.47 Å². The number of hydrogen-bond acceptors (Lipinski definition) is 7. The fourth-order valence-electron chi connectivity index (χ4n) is 3.25. The molecule has 0 aromatic heterocycles. The number of nitro benzene ring substituents is 2. The van der Waals surface area contributed by atoms with Crippen LogP contribution in [0.3, 0.4) is 0 Å². The van der Waals surface area contributed by atoms with Crippen LogP contribution in [0.2, 0.25) is 10.0 Å². The lowest BCUT2D eigenvalue weighted by Gasteiger charge is -2.20. The van der Waals surface area contributed by atoms with Crippen LogP contribution in [-0.4, -0.2) is 16.0 Å². The summed E-state index contributed by atoms with van der Waals surface area (Å²) in [6, 6.07) is 5.50. The Bertz CT molecular complexity index is 1050. The maximum absolute atomic E-state index is 12.1. The van der Waals surface area contributed by atoms with E-state index in [2.05, 4.69) is 0 Å². The lowest BCUT2D eigenvalue weighted by Crippen LogP contribution is -2.15. The van der Waals surface area contributed by atoms with Crippen LogP contribution >= 0.6 is 23.2 Å². The maximum atomic E-state index is 12.1. The SMILES string of the molecule is CC(C)(C)c1cc(Cl)c(COC(=O)OCc2cc([N+](=O)[O-])c(C(C)(C)C)cc2Cl)cc1[N+](=O)[O-]. The summed E-state index contributed by atoms with van der Waals surface area (Å²) in [5, 5.41) is 23.4. The molecule has 0 amide bonds. The number of halogens is 2. The van der Waals surface area contributed by atoms with Gasteiger partial charge in [0.05, 0.1) is 9.85 Å². The predicted octanol–water partition coefficient (Wildman–Crippen LogP) is 7.26. The van der Waals surface area contributed by atoms with Gasteiger partial charge in [-0.1, -0.05) is 64.7 Å². The number of carbonyl (C=O) groups excluding carboxylic acids is 1. The van der Waals surface area contributed by atoms with E-state index < -0.39 is 26.8 Å². The first kappa shape index (κ1) is 27.3. The van der Waals surface area contributed by atoms with Crippen molar-refractivity contribution in [2.45, 2.75) is 65.6 Å². The summed E-state index contributed by atoms with van der Waals surface area (Å²) in [5.41, 5.74) is 0.0585. The summed E-state index contributed by atoms with van der Waals surface area (Å²) in [6.07, 6.45) is -1.09. The van der Waals surface area contributed by atoms with Crippen molar-refractivity contribution in [2.75, 3.05) is 0 Å². The summed E-state index contributed by atoms with van der Waals surface area (Å²) in [7, 11) is 0. The largest absolute Gasteiger partial charge is 0.508 e. The van der Waals surface area contributed by atoms with Crippen molar-refractivity contribution in [1.82, 2.24) is 0 Å². The van der Waals surface area contributed by atoms with Gasteiger partial charge >= 0.3 is 6.16 Å². The van der Waals surface area contributed by atoms with E-state index in [9.17, 15) is 25.0 Å². The van der Waals surface area contributed by atoms with Gasteiger partial charge in [0.25, 0.3) is 11.4 Å². The third-order valence-corrected chi connectivity index (χ3v) is 5.73. The number of nitrogens with zero attached hydrogens (tertiary/aromatic N) is 2. The Balaban J connectivity index is 2.15. The Morgan fingerprint density at radius 1 is 0.765 bits per heavy atom. The highest BCUT2D eigenvalue weighted by Crippen LogP contribution is 2.37. The molecule has 0 atom stereocenters. The molecule has 0 aliphatic heterocycles. The average Bonchev–Trinajstić information content (AvgIpc) is 2.69. The summed E-state index contributed by atoms with van der Waals surface area (Å²) in [5.74, 6) is 0. The molecular weight excluding hydrogens is 487 g/mol. The molecule has 2 aromatic rings. The van der Waals surface area contributed by atoms with Gasteiger partial charge in [0.15, 0.2) is 0 Å². The van der Waals surface area contributed by atoms with Gasteiger partial charge in [-0.2, -0.15) is 0 Å². The number of hydrogen-bond donors (Lipinski definition) is 0. The Labute approximate surface area is 207 Å². The van der Waals surface area contributed by atoms with Crippen LogP contribution in [-0.2, 0) is 33.5 Å². The van der Waals surface area contributed by atoms with Crippen molar-refractivity contribution in [2.24, 2.45) is 0 Å². The molecule has 0 unspecified atom stereocenters. The highest BCUT2D eigenvalue weighted by atomic mass is 35.5. The highest BCUT2D eigenvalue weighted by Gasteiger charge is 2.28. The second kappa shape index (κ2) is 10.1. The van der Waals surface area contributed by atoms with E-state index in [-0.39, 0.29) is 45.8 Å². The van der Waals surface area contributed by atoms with Crippen molar-refractivity contribution < 1.29 is 24.1 Å². The summed E-state index contributed by atoms with van der Waals surface area (Å²) < 4.78 is 10.1. The molecule has 11 heteroatoms. The fraction of sp³-hybridized carbons (Fsp3) is 0.435. The molecule has 0 N–H and O–H groups in total. The van der Waals surface area contributed by atoms with Crippen molar-refractivity contribution in [3.8, 4) is 0 Å². The molecule has 184 valence electrons. The van der Waals surface area contributed by atoms with Crippen LogP contribution in [0.4, 0.5) is 16.2 Å². The normalized spacial score (nSPS) is 11.8. The molecule has 0 aliphatic carbocycles. The zero-order valence-corrected chi connectivity index (χ0v) is 21.2. The van der Waals surface area contributed by atoms with Crippen LogP contribution < -0.4 is 0 Å². The van der Waals surface area contributed by atoms with Crippen LogP contribution in [0.15, 0.2) is 24.3 Å². The molecule has 0 heterocycles. The molecule has 34 heavy (non-hydrogen) atoms. The van der Waals surface area contributed by atoms with E-state index in [1.54, 1.807) is 0 Å². The van der Waals surface area contributed by atoms with E-state index in [0.717, 1.165) is 0 Å². The lowest BCUT2D eigenvalue weighted by molar-refractivity contribution is -0.386. The second-order valence-electron chi connectivity index (χ2n) is 9.76. The Hall–Kier alpha value is -2.91. The first-order valence-corrected chi connectivity index (χ1v) is 11.0. The topological polar surface area (TPSA) is 122 Å². The zero-order valence-electron chi connectivity index (χ0n) is 19.7. The standard InChI is InChI=1S/C23H26Cl2N2O7/c1-22(2,3)15-9-17(24)13(7-19(15)26(29)30)11-33-21(28)34-12-14-8-20(27(31)32)16(10-18(14)25)23(4,5)6/h7-10H,11-12H2,1-6H3. The van der Waals surface area contributed by atoms with Gasteiger partial charge in [-0.05, 0) is 23.0 Å². The Morgan fingerprint density at radius 3 is 1.35 bits per heavy atom. The van der Waals surface area contributed by atoms with Crippen LogP contribution in [0, 0.1) is 20.2 Å². The Morgan fingerprint density at radius 2 is 1.09 bits per heavy atom. The average molecular weight is 513 g/mol. The van der Waals surface area contributed by atoms with Gasteiger partial charge in [0.2, 0.25) is 0 Å². The molecule has 2 aromatic carbocycles. The van der Waals surface area contributed by atoms with Crippen molar-refractivity contribution in [3.63, 3.8) is 0 Å². The number of nitro groups is 2. The smallest absolute Gasteiger partial charge is 0.429 e. The Kier molecular flexibility index (Phi) is 8.16. The number of carbonyl (C=O) groups is 1. The van der Waals surface area contributed by atoms with E-state index in [1.165, 1.54) is 24.3 Å². The molecule has 0 saturated carbocycles. The molecule has 2 rings (SSSR count). The van der Waals surface area contributed by atoms with E-state index >= 15 is 0 Å². The molecule has 0 saturated heterocycles. The number of rotatable bonds is 6. The molecule has 0 fully saturated rings. The van der Waals surface area contributed by atoms with Crippen LogP contribution in [0.5, 0.6) is 0 Å². The second-order valence-corrected chi connectivity index (χ2v) is 10.6. The van der Waals surface area contributed by atoms with E-state index in [1.807, 2.05) is 41.5 Å². The minimum absolute atomic E-state index is 0.137. The van der Waals surface area contributed by atoms with Gasteiger partial charge in [0.1, 0.15) is 13.2 Å². The van der Waals surface area contributed by atoms with Gasteiger partial charge in [-0.3, -0.25) is 20.2 Å². The van der Waals surface area contributed by atoms with Gasteiger partial charge in [-0.25, -0.2) is 4.79 Å². The van der Waals surface area contributed by atoms with E-state index in [0.29, 0.717) is 11.1 Å². The summed E-state index contributed by atoms with van der Waals surface area (Å²) >= 11 is 12.5. The molecular formula is C23H26Cl2N2O7. The fourth-order valence-corrected chi connectivity index (χ4v) is 3.69. The van der Waals surface area contributed by atoms with Crippen molar-refractivity contribution >= 4 is 40.7 Å². The first-order valence-electron chi connectivity index (χ1n) is 10.3. The van der Waals surface area contributed by atoms with E-state index in [4.69, 9.17) is 32.7 Å². The molecule has 0 aliphatic rings. The van der Waals surface area contributed by atoms with Crippen LogP contribution in [0.1, 0.15) is 63.8 Å². The quantitative estimate of drug-likeness (QED) is 0.226. The van der Waals surface area contributed by atoms with Crippen LogP contribution in [0.25, 0.3) is 0 Å². The molecule has 0 bridgehead atoms. The third kappa shape index (κ3) is 6.57. The van der Waals surface area contributed by atoms with Crippen molar-refractivity contribution in [1.29, 1.82) is 0 Å². The third-order valence-electron chi connectivity index (χ3n) is 5.03. The highest BCUT2D eigenvalue weighted by molar-refractivity contribution is 6.31. The zero-order chi connectivity index (χ0) is 26.0. The van der Waals surface area contributed by atoms with Crippen molar-refractivity contribution in [3.05, 3.63) is 76.8 Å². The molecule has 9 nitrogen and oxygen atoms in total. The summed E-state index contributed by atoms with van der Waals surface area (Å²) in [4.78, 5) is 34.1. The minimum atomic E-state index is -1.09. The predicted molar refractivity (Wildman–Crippen MR) is 129 cm³/mol. The summed E-state index contributed by atoms with van der Waals surface area (Å²) in [6.45, 7) is 10.2. The van der Waals surface area contributed by atoms with Gasteiger partial charge in [0, 0.05) is 44.4 Å². The number of benzene rings is 2. The first-order chi connectivity index (χ1) is 15.5. The lowest BCUT2D eigenvalue weighted by atomic mass is 9.85. The number of ether oxygens (including phenoxy) is 2. The molecule has 0 spiro atoms. The van der Waals surface area contributed by atoms with Gasteiger partial charge in [-0.15, -0.1) is 0 Å². The minimum Gasteiger partial charge on any atom is -0.429 e.